The number of phenols is 1. The minimum absolute atomic E-state index is 0.00211. The van der Waals surface area contributed by atoms with Crippen LogP contribution >= 0.6 is 0 Å². The predicted octanol–water partition coefficient (Wildman–Crippen LogP) is 6.40. The largest absolute Gasteiger partial charge is 0.508 e. The maximum absolute atomic E-state index is 13.1. The Morgan fingerprint density at radius 3 is 2.45 bits per heavy atom. The Balaban J connectivity index is 0.899. The quantitative estimate of drug-likeness (QED) is 0.0929. The van der Waals surface area contributed by atoms with Gasteiger partial charge in [-0.2, -0.15) is 0 Å². The predicted molar refractivity (Wildman–Crippen MR) is 217 cm³/mol. The number of carboxylic acid groups (broad SMARTS) is 1. The average molecular weight is 795 g/mol. The molecule has 2 aromatic rings. The third-order valence-corrected chi connectivity index (χ3v) is 15.3. The van der Waals surface area contributed by atoms with E-state index in [1.807, 2.05) is 0 Å². The topological polar surface area (TPSA) is 207 Å². The van der Waals surface area contributed by atoms with Crippen LogP contribution in [0.25, 0.3) is 33.4 Å². The second-order valence-electron chi connectivity index (χ2n) is 18.2. The van der Waals surface area contributed by atoms with Crippen LogP contribution in [0.3, 0.4) is 0 Å². The Morgan fingerprint density at radius 2 is 1.67 bits per heavy atom. The van der Waals surface area contributed by atoms with Gasteiger partial charge in [0.05, 0.1) is 30.4 Å². The molecule has 0 bridgehead atoms. The number of aliphatic hydroxyl groups excluding tert-OH is 3. The highest BCUT2D eigenvalue weighted by molar-refractivity contribution is 6.08. The van der Waals surface area contributed by atoms with E-state index < -0.39 is 24.1 Å². The maximum atomic E-state index is 13.1. The number of carbonyl (C=O) groups is 3. The Hall–Kier alpha value is -4.78. The van der Waals surface area contributed by atoms with E-state index in [4.69, 9.17) is 4.42 Å². The van der Waals surface area contributed by atoms with Gasteiger partial charge in [0.15, 0.2) is 5.43 Å². The molecule has 8 rings (SSSR count). The lowest BCUT2D eigenvalue weighted by Crippen LogP contribution is -2.62. The van der Waals surface area contributed by atoms with Crippen molar-refractivity contribution < 1.29 is 44.3 Å². The number of carboxylic acids is 1. The summed E-state index contributed by atoms with van der Waals surface area (Å²) in [4.78, 5) is 50.8. The van der Waals surface area contributed by atoms with Gasteiger partial charge < -0.3 is 40.6 Å². The number of phenolic OH excluding ortho intramolecular Hbond substituents is 1. The van der Waals surface area contributed by atoms with Gasteiger partial charge in [-0.25, -0.2) is 4.79 Å². The van der Waals surface area contributed by atoms with E-state index >= 15 is 0 Å². The van der Waals surface area contributed by atoms with Crippen LogP contribution < -0.4 is 16.1 Å². The summed E-state index contributed by atoms with van der Waals surface area (Å²) in [6.07, 6.45) is 5.13. The number of amides is 2. The number of hydrogen-bond donors (Lipinski definition) is 7. The van der Waals surface area contributed by atoms with Crippen molar-refractivity contribution in [2.75, 3.05) is 11.9 Å². The second kappa shape index (κ2) is 15.1. The summed E-state index contributed by atoms with van der Waals surface area (Å²) in [5.74, 6) is -0.819. The molecule has 12 nitrogen and oxygen atoms in total. The van der Waals surface area contributed by atoms with Gasteiger partial charge in [-0.1, -0.05) is 26.8 Å². The van der Waals surface area contributed by atoms with Gasteiger partial charge in [-0.3, -0.25) is 14.4 Å². The number of aliphatic hydroxyl groups is 3. The normalized spacial score (nSPS) is 32.2. The molecule has 0 radical (unpaired) electrons. The van der Waals surface area contributed by atoms with Crippen LogP contribution in [0, 0.1) is 46.3 Å². The van der Waals surface area contributed by atoms with Crippen LogP contribution in [0.2, 0.25) is 0 Å². The molecule has 58 heavy (non-hydrogen) atoms. The van der Waals surface area contributed by atoms with Gasteiger partial charge in [0.25, 0.3) is 0 Å². The number of anilines is 1. The van der Waals surface area contributed by atoms with Crippen molar-refractivity contribution >= 4 is 34.4 Å². The number of hydrogen-bond acceptors (Lipinski definition) is 9. The van der Waals surface area contributed by atoms with Crippen LogP contribution in [-0.2, 0) is 9.59 Å². The molecule has 2 amide bonds. The number of aromatic hydroxyl groups is 1. The summed E-state index contributed by atoms with van der Waals surface area (Å²) in [5, 5.41) is 60.2. The fourth-order valence-electron chi connectivity index (χ4n) is 12.3. The van der Waals surface area contributed by atoms with Gasteiger partial charge >= 0.3 is 5.97 Å². The lowest BCUT2D eigenvalue weighted by atomic mass is 9.43. The van der Waals surface area contributed by atoms with Gasteiger partial charge in [0.2, 0.25) is 11.8 Å². The Bertz CT molecular complexity index is 2290. The first kappa shape index (κ1) is 40.0. The van der Waals surface area contributed by atoms with Crippen molar-refractivity contribution in [3.8, 4) is 28.2 Å². The van der Waals surface area contributed by atoms with Gasteiger partial charge in [-0.05, 0) is 140 Å². The first-order valence-corrected chi connectivity index (χ1v) is 20.8. The van der Waals surface area contributed by atoms with Crippen LogP contribution in [0.5, 0.6) is 5.75 Å². The number of nitrogens with one attached hydrogen (secondary N) is 2. The highest BCUT2D eigenvalue weighted by atomic mass is 16.4. The highest BCUT2D eigenvalue weighted by Gasteiger charge is 2.65. The molecule has 0 spiro atoms. The zero-order valence-corrected chi connectivity index (χ0v) is 33.2. The monoisotopic (exact) mass is 794 g/mol. The van der Waals surface area contributed by atoms with Gasteiger partial charge in [-0.15, -0.1) is 0 Å². The molecular formula is C46H54N2O10. The molecule has 4 fully saturated rings. The van der Waals surface area contributed by atoms with E-state index in [0.717, 1.165) is 32.1 Å². The Morgan fingerprint density at radius 1 is 0.897 bits per heavy atom. The Labute approximate surface area is 337 Å². The lowest BCUT2D eigenvalue weighted by molar-refractivity contribution is -0.207. The molecule has 1 aliphatic heterocycles. The van der Waals surface area contributed by atoms with Crippen molar-refractivity contribution in [1.82, 2.24) is 5.32 Å². The Kier molecular flexibility index (Phi) is 10.4. The summed E-state index contributed by atoms with van der Waals surface area (Å²) < 4.78 is 5.90. The minimum atomic E-state index is -1.25. The smallest absolute Gasteiger partial charge is 0.336 e. The van der Waals surface area contributed by atoms with E-state index in [0.29, 0.717) is 41.3 Å². The maximum Gasteiger partial charge on any atom is 0.336 e. The molecule has 0 saturated heterocycles. The van der Waals surface area contributed by atoms with Crippen LogP contribution in [-0.4, -0.2) is 68.2 Å². The van der Waals surface area contributed by atoms with Crippen LogP contribution in [0.15, 0.2) is 63.8 Å². The molecule has 12 heteroatoms. The standard InChI is InChI=1S/C46H54N2O10/c1-23(33-11-12-34-43-35(21-39(53)46(33,34)3)45(2)15-14-28(51)16-24(45)17-36(43)52)4-13-40(54)47-22-41(55)48-25-5-8-29(32(18-25)44(56)57)42-30-9-6-26(49)19-37(30)58-38-20-27(50)7-10-31(38)42/h5-10,18-20,23-24,28,33-36,39,43,49,51-53H,4,11-17,21-22H2,1-3H3,(H,47,54)(H,48,55)(H,56,57)/t23?,24?,28-,33-,34+,35+,36-,39+,43+,45+,46-/m1/s1. The molecule has 4 saturated carbocycles. The number of carbonyl (C=O) groups excluding carboxylic acids is 2. The number of benzene rings is 3. The van der Waals surface area contributed by atoms with E-state index in [2.05, 4.69) is 31.4 Å². The second-order valence-corrected chi connectivity index (χ2v) is 18.2. The number of aromatic carboxylic acids is 1. The first-order chi connectivity index (χ1) is 27.6. The molecular weight excluding hydrogens is 741 g/mol. The summed E-state index contributed by atoms with van der Waals surface area (Å²) in [5.41, 5.74) is 0.981. The van der Waals surface area contributed by atoms with Gasteiger partial charge in [0, 0.05) is 40.8 Å². The van der Waals surface area contributed by atoms with Crippen molar-refractivity contribution in [2.24, 2.45) is 46.3 Å². The molecule has 11 atom stereocenters. The highest BCUT2D eigenvalue weighted by Crippen LogP contribution is 2.68. The van der Waals surface area contributed by atoms with E-state index in [1.54, 1.807) is 24.3 Å². The third kappa shape index (κ3) is 6.86. The minimum Gasteiger partial charge on any atom is -0.508 e. The molecule has 7 N–H and O–H groups in total. The van der Waals surface area contributed by atoms with Crippen molar-refractivity contribution in [3.63, 3.8) is 0 Å². The van der Waals surface area contributed by atoms with Gasteiger partial charge in [0.1, 0.15) is 17.1 Å². The number of rotatable bonds is 9. The van der Waals surface area contributed by atoms with E-state index in [1.165, 1.54) is 30.3 Å². The molecule has 2 aromatic carbocycles. The van der Waals surface area contributed by atoms with Crippen molar-refractivity contribution in [1.29, 1.82) is 0 Å². The molecule has 5 aliphatic carbocycles. The molecule has 6 aliphatic rings. The van der Waals surface area contributed by atoms with Crippen LogP contribution in [0.4, 0.5) is 5.69 Å². The third-order valence-electron chi connectivity index (χ3n) is 15.3. The summed E-state index contributed by atoms with van der Waals surface area (Å²) in [6.45, 7) is 6.35. The molecule has 0 aromatic heterocycles. The fourth-order valence-corrected chi connectivity index (χ4v) is 12.3. The summed E-state index contributed by atoms with van der Waals surface area (Å²) in [6, 6.07) is 13.1. The first-order valence-electron chi connectivity index (χ1n) is 20.8. The van der Waals surface area contributed by atoms with E-state index in [9.17, 15) is 44.7 Å². The zero-order valence-electron chi connectivity index (χ0n) is 33.2. The number of fused-ring (bicyclic) bond motifs is 7. The molecule has 1 heterocycles. The average Bonchev–Trinajstić information content (AvgIpc) is 3.54. The fraction of sp³-hybridized carbons (Fsp3) is 0.522. The zero-order chi connectivity index (χ0) is 41.3. The van der Waals surface area contributed by atoms with Crippen molar-refractivity contribution in [2.45, 2.75) is 96.9 Å². The molecule has 308 valence electrons. The molecule has 2 unspecified atom stereocenters. The summed E-state index contributed by atoms with van der Waals surface area (Å²) >= 11 is 0. The van der Waals surface area contributed by atoms with Crippen LogP contribution in [0.1, 0.15) is 88.9 Å². The van der Waals surface area contributed by atoms with Crippen molar-refractivity contribution in [3.05, 3.63) is 70.4 Å². The lowest BCUT2D eigenvalue weighted by Gasteiger charge is -2.63. The SMILES string of the molecule is CC(CCC(=O)NCC(=O)Nc1ccc(-c2c3ccc(=O)cc-3oc3cc(O)ccc23)c(C(=O)O)c1)[C@H]1CC[C@H]2[C@@H]3[C@H](O)CC4C[C@H](O)CC[C@]4(C)[C@H]3C[C@H](O)[C@]12C. The summed E-state index contributed by atoms with van der Waals surface area (Å²) in [7, 11) is 0. The van der Waals surface area contributed by atoms with E-state index in [-0.39, 0.29) is 105 Å².